The van der Waals surface area contributed by atoms with Gasteiger partial charge in [-0.05, 0) is 29.8 Å². The number of aromatic nitrogens is 2. The van der Waals surface area contributed by atoms with Crippen molar-refractivity contribution in [1.82, 2.24) is 14.7 Å². The van der Waals surface area contributed by atoms with Crippen LogP contribution >= 0.6 is 0 Å². The minimum atomic E-state index is -0.405. The number of nitrogens with zero attached hydrogens (tertiary/aromatic N) is 2. The molecule has 0 unspecified atom stereocenters. The third kappa shape index (κ3) is 3.09. The molecule has 0 aliphatic carbocycles. The molecule has 0 saturated heterocycles. The summed E-state index contributed by atoms with van der Waals surface area (Å²) in [4.78, 5) is 15.7. The SMILES string of the molecule is NC(=O)c1cccc(CNCc2cn3ccccc3n2)c1. The van der Waals surface area contributed by atoms with Crippen molar-refractivity contribution in [2.75, 3.05) is 0 Å². The van der Waals surface area contributed by atoms with Crippen LogP contribution in [-0.2, 0) is 13.1 Å². The van der Waals surface area contributed by atoms with Crippen LogP contribution in [0.3, 0.4) is 0 Å². The Kier molecular flexibility index (Phi) is 3.66. The van der Waals surface area contributed by atoms with E-state index in [0.717, 1.165) is 16.9 Å². The van der Waals surface area contributed by atoms with Crippen LogP contribution in [0.4, 0.5) is 0 Å². The summed E-state index contributed by atoms with van der Waals surface area (Å²) in [5, 5.41) is 3.32. The summed E-state index contributed by atoms with van der Waals surface area (Å²) in [5.74, 6) is -0.405. The van der Waals surface area contributed by atoms with Gasteiger partial charge >= 0.3 is 0 Å². The molecule has 21 heavy (non-hydrogen) atoms. The smallest absolute Gasteiger partial charge is 0.248 e. The maximum atomic E-state index is 11.1. The van der Waals surface area contributed by atoms with Gasteiger partial charge in [-0.1, -0.05) is 18.2 Å². The molecule has 0 radical (unpaired) electrons. The first-order valence-electron chi connectivity index (χ1n) is 6.74. The first-order valence-corrected chi connectivity index (χ1v) is 6.74. The van der Waals surface area contributed by atoms with E-state index in [-0.39, 0.29) is 0 Å². The number of fused-ring (bicyclic) bond motifs is 1. The zero-order valence-corrected chi connectivity index (χ0v) is 11.5. The Balaban J connectivity index is 1.63. The quantitative estimate of drug-likeness (QED) is 0.747. The van der Waals surface area contributed by atoms with Crippen LogP contribution in [0, 0.1) is 0 Å². The normalized spacial score (nSPS) is 10.9. The van der Waals surface area contributed by atoms with E-state index in [1.807, 2.05) is 47.1 Å². The molecule has 0 aliphatic rings. The third-order valence-corrected chi connectivity index (χ3v) is 3.26. The van der Waals surface area contributed by atoms with Gasteiger partial charge in [-0.2, -0.15) is 0 Å². The predicted octanol–water partition coefficient (Wildman–Crippen LogP) is 1.72. The van der Waals surface area contributed by atoms with Gasteiger partial charge in [-0.3, -0.25) is 4.79 Å². The number of benzene rings is 1. The lowest BCUT2D eigenvalue weighted by Crippen LogP contribution is -2.15. The molecule has 1 amide bonds. The Morgan fingerprint density at radius 3 is 2.90 bits per heavy atom. The molecule has 106 valence electrons. The highest BCUT2D eigenvalue weighted by molar-refractivity contribution is 5.92. The Labute approximate surface area is 122 Å². The number of primary amides is 1. The summed E-state index contributed by atoms with van der Waals surface area (Å²) in [6, 6.07) is 13.2. The summed E-state index contributed by atoms with van der Waals surface area (Å²) in [5.41, 5.74) is 8.74. The van der Waals surface area contributed by atoms with Gasteiger partial charge in [0.1, 0.15) is 5.65 Å². The molecular formula is C16H16N4O. The number of imidazole rings is 1. The average molecular weight is 280 g/mol. The van der Waals surface area contributed by atoms with Crippen molar-refractivity contribution in [3.8, 4) is 0 Å². The van der Waals surface area contributed by atoms with Gasteiger partial charge in [0, 0.05) is 31.0 Å². The second-order valence-corrected chi connectivity index (χ2v) is 4.87. The third-order valence-electron chi connectivity index (χ3n) is 3.26. The monoisotopic (exact) mass is 280 g/mol. The van der Waals surface area contributed by atoms with Gasteiger partial charge in [-0.25, -0.2) is 4.98 Å². The Morgan fingerprint density at radius 1 is 1.19 bits per heavy atom. The second-order valence-electron chi connectivity index (χ2n) is 4.87. The van der Waals surface area contributed by atoms with Crippen molar-refractivity contribution in [3.63, 3.8) is 0 Å². The topological polar surface area (TPSA) is 72.4 Å². The summed E-state index contributed by atoms with van der Waals surface area (Å²) in [6.07, 6.45) is 3.98. The predicted molar refractivity (Wildman–Crippen MR) is 80.7 cm³/mol. The molecule has 0 fully saturated rings. The Morgan fingerprint density at radius 2 is 2.10 bits per heavy atom. The average Bonchev–Trinajstić information content (AvgIpc) is 2.90. The van der Waals surface area contributed by atoms with Gasteiger partial charge in [0.05, 0.1) is 5.69 Å². The van der Waals surface area contributed by atoms with Crippen LogP contribution in [-0.4, -0.2) is 15.3 Å². The van der Waals surface area contributed by atoms with Gasteiger partial charge in [-0.15, -0.1) is 0 Å². The molecule has 0 saturated carbocycles. The molecule has 0 aliphatic heterocycles. The van der Waals surface area contributed by atoms with Crippen molar-refractivity contribution in [1.29, 1.82) is 0 Å². The Bertz CT molecular complexity index is 746. The van der Waals surface area contributed by atoms with Crippen molar-refractivity contribution in [2.24, 2.45) is 5.73 Å². The minimum absolute atomic E-state index is 0.405. The van der Waals surface area contributed by atoms with E-state index in [1.54, 1.807) is 12.1 Å². The summed E-state index contributed by atoms with van der Waals surface area (Å²) in [7, 11) is 0. The number of carbonyl (C=O) groups is 1. The van der Waals surface area contributed by atoms with E-state index in [4.69, 9.17) is 5.73 Å². The van der Waals surface area contributed by atoms with Gasteiger partial charge in [0.25, 0.3) is 0 Å². The molecule has 0 bridgehead atoms. The lowest BCUT2D eigenvalue weighted by Gasteiger charge is -2.04. The van der Waals surface area contributed by atoms with E-state index >= 15 is 0 Å². The maximum absolute atomic E-state index is 11.1. The summed E-state index contributed by atoms with van der Waals surface area (Å²) >= 11 is 0. The largest absolute Gasteiger partial charge is 0.366 e. The fourth-order valence-corrected chi connectivity index (χ4v) is 2.24. The number of nitrogens with two attached hydrogens (primary N) is 1. The van der Waals surface area contributed by atoms with Gasteiger partial charge in [0.2, 0.25) is 5.91 Å². The van der Waals surface area contributed by atoms with Crippen molar-refractivity contribution in [3.05, 3.63) is 71.7 Å². The zero-order valence-electron chi connectivity index (χ0n) is 11.5. The fourth-order valence-electron chi connectivity index (χ4n) is 2.24. The maximum Gasteiger partial charge on any atom is 0.248 e. The van der Waals surface area contributed by atoms with Gasteiger partial charge < -0.3 is 15.5 Å². The molecule has 5 nitrogen and oxygen atoms in total. The molecular weight excluding hydrogens is 264 g/mol. The molecule has 3 N–H and O–H groups in total. The van der Waals surface area contributed by atoms with Crippen molar-refractivity contribution >= 4 is 11.6 Å². The Hall–Kier alpha value is -2.66. The van der Waals surface area contributed by atoms with Crippen molar-refractivity contribution in [2.45, 2.75) is 13.1 Å². The van der Waals surface area contributed by atoms with E-state index in [9.17, 15) is 4.79 Å². The number of hydrogen-bond donors (Lipinski definition) is 2. The molecule has 2 aromatic heterocycles. The first-order chi connectivity index (χ1) is 10.2. The highest BCUT2D eigenvalue weighted by atomic mass is 16.1. The zero-order chi connectivity index (χ0) is 14.7. The number of nitrogens with one attached hydrogen (secondary N) is 1. The number of pyridine rings is 1. The van der Waals surface area contributed by atoms with Crippen LogP contribution < -0.4 is 11.1 Å². The van der Waals surface area contributed by atoms with Gasteiger partial charge in [0.15, 0.2) is 0 Å². The summed E-state index contributed by atoms with van der Waals surface area (Å²) in [6.45, 7) is 1.33. The van der Waals surface area contributed by atoms with Crippen LogP contribution in [0.15, 0.2) is 54.9 Å². The highest BCUT2D eigenvalue weighted by Crippen LogP contribution is 2.06. The van der Waals surface area contributed by atoms with Crippen LogP contribution in [0.1, 0.15) is 21.6 Å². The van der Waals surface area contributed by atoms with E-state index < -0.39 is 5.91 Å². The van der Waals surface area contributed by atoms with E-state index in [1.165, 1.54) is 0 Å². The summed E-state index contributed by atoms with van der Waals surface area (Å²) < 4.78 is 1.99. The fraction of sp³-hybridized carbons (Fsp3) is 0.125. The van der Waals surface area contributed by atoms with E-state index in [2.05, 4.69) is 10.3 Å². The number of rotatable bonds is 5. The highest BCUT2D eigenvalue weighted by Gasteiger charge is 2.03. The van der Waals surface area contributed by atoms with Crippen LogP contribution in [0.5, 0.6) is 0 Å². The lowest BCUT2D eigenvalue weighted by atomic mass is 10.1. The number of carbonyl (C=O) groups excluding carboxylic acids is 1. The second kappa shape index (κ2) is 5.76. The molecule has 3 rings (SSSR count). The first kappa shape index (κ1) is 13.3. The lowest BCUT2D eigenvalue weighted by molar-refractivity contribution is 0.1000. The molecule has 0 spiro atoms. The minimum Gasteiger partial charge on any atom is -0.366 e. The molecule has 0 atom stereocenters. The molecule has 1 aromatic carbocycles. The number of hydrogen-bond acceptors (Lipinski definition) is 3. The molecule has 3 aromatic rings. The van der Waals surface area contributed by atoms with Crippen LogP contribution in [0.25, 0.3) is 5.65 Å². The number of amides is 1. The van der Waals surface area contributed by atoms with E-state index in [0.29, 0.717) is 18.7 Å². The van der Waals surface area contributed by atoms with Crippen LogP contribution in [0.2, 0.25) is 0 Å². The standard InChI is InChI=1S/C16H16N4O/c17-16(21)13-5-3-4-12(8-13)9-18-10-14-11-20-7-2-1-6-15(20)19-14/h1-8,11,18H,9-10H2,(H2,17,21). The molecule has 2 heterocycles. The van der Waals surface area contributed by atoms with Crippen molar-refractivity contribution < 1.29 is 4.79 Å². The molecule has 5 heteroatoms.